The molecule has 2 fully saturated rings. The van der Waals surface area contributed by atoms with E-state index in [4.69, 9.17) is 0 Å². The number of hydrogen-bond acceptors (Lipinski definition) is 3. The Kier molecular flexibility index (Phi) is 3.20. The third-order valence-electron chi connectivity index (χ3n) is 4.31. The Morgan fingerprint density at radius 3 is 2.78 bits per heavy atom. The van der Waals surface area contributed by atoms with Gasteiger partial charge in [0.25, 0.3) is 0 Å². The zero-order chi connectivity index (χ0) is 12.4. The molecule has 3 nitrogen and oxygen atoms in total. The van der Waals surface area contributed by atoms with Gasteiger partial charge >= 0.3 is 0 Å². The number of anilines is 1. The van der Waals surface area contributed by atoms with Crippen LogP contribution in [-0.4, -0.2) is 30.2 Å². The molecule has 1 aliphatic heterocycles. The van der Waals surface area contributed by atoms with E-state index in [1.807, 2.05) is 6.07 Å². The van der Waals surface area contributed by atoms with Crippen LogP contribution >= 0.6 is 0 Å². The van der Waals surface area contributed by atoms with Crippen molar-refractivity contribution in [1.82, 2.24) is 10.3 Å². The highest BCUT2D eigenvalue weighted by molar-refractivity contribution is 5.43. The number of hydrogen-bond donors (Lipinski definition) is 1. The van der Waals surface area contributed by atoms with Crippen LogP contribution in [0.3, 0.4) is 0 Å². The van der Waals surface area contributed by atoms with Crippen molar-refractivity contribution >= 4 is 5.82 Å². The van der Waals surface area contributed by atoms with Gasteiger partial charge in [0.2, 0.25) is 0 Å². The largest absolute Gasteiger partial charge is 0.348 e. The average molecular weight is 249 g/mol. The molecule has 1 N–H and O–H groups in total. The summed E-state index contributed by atoms with van der Waals surface area (Å²) in [6.07, 6.45) is 7.69. The summed E-state index contributed by atoms with van der Waals surface area (Å²) in [4.78, 5) is 6.68. The second kappa shape index (κ2) is 4.84. The van der Waals surface area contributed by atoms with E-state index in [0.717, 1.165) is 25.5 Å². The molecule has 0 radical (unpaired) electrons. The Bertz CT molecular complexity index is 390. The molecule has 2 heterocycles. The Hall–Kier alpha value is -1.16. The van der Waals surface area contributed by atoms with Gasteiger partial charge in [-0.2, -0.15) is 0 Å². The van der Waals surface area contributed by atoms with Crippen molar-refractivity contribution in [3.05, 3.63) is 24.1 Å². The quantitative estimate of drug-likeness (QED) is 0.828. The minimum Gasteiger partial charge on any atom is -0.348 e. The molecule has 3 rings (SSSR count). The second-order valence-electron chi connectivity index (χ2n) is 5.45. The first-order valence-corrected chi connectivity index (χ1v) is 6.90. The van der Waals surface area contributed by atoms with Gasteiger partial charge in [-0.15, -0.1) is 0 Å². The standard InChI is InChI=1S/C14H20FN3/c15-12-4-5-13(17-10-12)18-9-8-16-11-14(18)6-2-1-3-7-14/h4-5,10,16H,1-3,6-9,11H2. The van der Waals surface area contributed by atoms with Crippen LogP contribution < -0.4 is 10.2 Å². The van der Waals surface area contributed by atoms with E-state index >= 15 is 0 Å². The molecule has 0 amide bonds. The summed E-state index contributed by atoms with van der Waals surface area (Å²) in [5.41, 5.74) is 0.210. The molecule has 1 aromatic rings. The lowest BCUT2D eigenvalue weighted by Crippen LogP contribution is -2.62. The van der Waals surface area contributed by atoms with E-state index in [9.17, 15) is 4.39 Å². The maximum absolute atomic E-state index is 13.0. The molecular weight excluding hydrogens is 229 g/mol. The topological polar surface area (TPSA) is 28.2 Å². The molecule has 2 aliphatic rings. The molecule has 1 aliphatic carbocycles. The third-order valence-corrected chi connectivity index (χ3v) is 4.31. The molecule has 1 aromatic heterocycles. The van der Waals surface area contributed by atoms with E-state index in [0.29, 0.717) is 0 Å². The maximum Gasteiger partial charge on any atom is 0.141 e. The second-order valence-corrected chi connectivity index (χ2v) is 5.45. The first-order valence-electron chi connectivity index (χ1n) is 6.90. The average Bonchev–Trinajstić information content (AvgIpc) is 2.42. The van der Waals surface area contributed by atoms with E-state index < -0.39 is 0 Å². The normalized spacial score (nSPS) is 23.3. The van der Waals surface area contributed by atoms with E-state index in [2.05, 4.69) is 15.2 Å². The Morgan fingerprint density at radius 1 is 1.22 bits per heavy atom. The van der Waals surface area contributed by atoms with Crippen LogP contribution in [0.5, 0.6) is 0 Å². The van der Waals surface area contributed by atoms with Crippen molar-refractivity contribution in [2.45, 2.75) is 37.6 Å². The van der Waals surface area contributed by atoms with E-state index in [-0.39, 0.29) is 11.4 Å². The van der Waals surface area contributed by atoms with Gasteiger partial charge in [0.15, 0.2) is 0 Å². The molecule has 4 heteroatoms. The monoisotopic (exact) mass is 249 g/mol. The number of nitrogens with one attached hydrogen (secondary N) is 1. The van der Waals surface area contributed by atoms with Gasteiger partial charge in [-0.25, -0.2) is 9.37 Å². The fourth-order valence-corrected chi connectivity index (χ4v) is 3.39. The van der Waals surface area contributed by atoms with Crippen LogP contribution in [0.4, 0.5) is 10.2 Å². The van der Waals surface area contributed by atoms with Crippen molar-refractivity contribution in [2.24, 2.45) is 0 Å². The molecule has 98 valence electrons. The van der Waals surface area contributed by atoms with Gasteiger partial charge in [0, 0.05) is 19.6 Å². The highest BCUT2D eigenvalue weighted by Crippen LogP contribution is 2.36. The molecule has 1 spiro atoms. The van der Waals surface area contributed by atoms with E-state index in [1.165, 1.54) is 44.4 Å². The summed E-state index contributed by atoms with van der Waals surface area (Å²) in [6.45, 7) is 2.99. The summed E-state index contributed by atoms with van der Waals surface area (Å²) in [7, 11) is 0. The molecule has 18 heavy (non-hydrogen) atoms. The van der Waals surface area contributed by atoms with Gasteiger partial charge in [-0.3, -0.25) is 0 Å². The maximum atomic E-state index is 13.0. The van der Waals surface area contributed by atoms with Gasteiger partial charge < -0.3 is 10.2 Å². The summed E-state index contributed by atoms with van der Waals surface area (Å²) in [6, 6.07) is 3.33. The number of piperazine rings is 1. The molecule has 0 unspecified atom stereocenters. The van der Waals surface area contributed by atoms with Crippen molar-refractivity contribution < 1.29 is 4.39 Å². The van der Waals surface area contributed by atoms with Gasteiger partial charge in [0.1, 0.15) is 11.6 Å². The summed E-state index contributed by atoms with van der Waals surface area (Å²) in [5, 5.41) is 3.51. The Morgan fingerprint density at radius 2 is 2.06 bits per heavy atom. The molecule has 1 saturated carbocycles. The van der Waals surface area contributed by atoms with Gasteiger partial charge in [-0.1, -0.05) is 19.3 Å². The predicted molar refractivity (Wildman–Crippen MR) is 70.2 cm³/mol. The molecule has 0 aromatic carbocycles. The molecule has 0 atom stereocenters. The lowest BCUT2D eigenvalue weighted by atomic mass is 9.79. The minimum atomic E-state index is -0.258. The fourth-order valence-electron chi connectivity index (χ4n) is 3.39. The Labute approximate surface area is 107 Å². The summed E-state index contributed by atoms with van der Waals surface area (Å²) < 4.78 is 13.0. The number of rotatable bonds is 1. The van der Waals surface area contributed by atoms with Crippen LogP contribution in [0.2, 0.25) is 0 Å². The lowest BCUT2D eigenvalue weighted by Gasteiger charge is -2.50. The van der Waals surface area contributed by atoms with Crippen molar-refractivity contribution in [3.63, 3.8) is 0 Å². The minimum absolute atomic E-state index is 0.210. The summed E-state index contributed by atoms with van der Waals surface area (Å²) in [5.74, 6) is 0.673. The highest BCUT2D eigenvalue weighted by Gasteiger charge is 2.40. The Balaban J connectivity index is 1.89. The number of halogens is 1. The number of pyridine rings is 1. The first-order chi connectivity index (χ1) is 8.80. The number of aromatic nitrogens is 1. The van der Waals surface area contributed by atoms with Crippen LogP contribution in [0.15, 0.2) is 18.3 Å². The zero-order valence-electron chi connectivity index (χ0n) is 10.7. The van der Waals surface area contributed by atoms with Gasteiger partial charge in [0.05, 0.1) is 11.7 Å². The molecular formula is C14H20FN3. The van der Waals surface area contributed by atoms with E-state index in [1.54, 1.807) is 0 Å². The van der Waals surface area contributed by atoms with Crippen LogP contribution in [0.25, 0.3) is 0 Å². The van der Waals surface area contributed by atoms with Crippen molar-refractivity contribution in [2.75, 3.05) is 24.5 Å². The van der Waals surface area contributed by atoms with Crippen molar-refractivity contribution in [3.8, 4) is 0 Å². The summed E-state index contributed by atoms with van der Waals surface area (Å²) >= 11 is 0. The zero-order valence-corrected chi connectivity index (χ0v) is 10.7. The lowest BCUT2D eigenvalue weighted by molar-refractivity contribution is 0.239. The number of nitrogens with zero attached hydrogens (tertiary/aromatic N) is 2. The fraction of sp³-hybridized carbons (Fsp3) is 0.643. The predicted octanol–water partition coefficient (Wildman–Crippen LogP) is 2.33. The first kappa shape index (κ1) is 11.9. The third kappa shape index (κ3) is 2.09. The molecule has 1 saturated heterocycles. The van der Waals surface area contributed by atoms with Crippen LogP contribution in [0, 0.1) is 5.82 Å². The highest BCUT2D eigenvalue weighted by atomic mass is 19.1. The van der Waals surface area contributed by atoms with Crippen LogP contribution in [-0.2, 0) is 0 Å². The van der Waals surface area contributed by atoms with Crippen molar-refractivity contribution in [1.29, 1.82) is 0 Å². The smallest absolute Gasteiger partial charge is 0.141 e. The van der Waals surface area contributed by atoms with Crippen LogP contribution in [0.1, 0.15) is 32.1 Å². The molecule has 0 bridgehead atoms. The van der Waals surface area contributed by atoms with Gasteiger partial charge in [-0.05, 0) is 25.0 Å². The SMILES string of the molecule is Fc1ccc(N2CCNCC23CCCCC3)nc1.